The van der Waals surface area contributed by atoms with Gasteiger partial charge in [0, 0.05) is 12.7 Å². The first-order valence-electron chi connectivity index (χ1n) is 5.61. The van der Waals surface area contributed by atoms with Gasteiger partial charge in [0.05, 0.1) is 25.3 Å². The van der Waals surface area contributed by atoms with E-state index in [1.165, 1.54) is 0 Å². The van der Waals surface area contributed by atoms with E-state index in [9.17, 15) is 5.11 Å². The summed E-state index contributed by atoms with van der Waals surface area (Å²) in [5, 5.41) is 18.2. The molecule has 0 bridgehead atoms. The number of hydrogen-bond donors (Lipinski definition) is 1. The first-order chi connectivity index (χ1) is 8.20. The Labute approximate surface area is 100 Å². The van der Waals surface area contributed by atoms with Crippen LogP contribution in [-0.2, 0) is 4.74 Å². The normalized spacial score (nSPS) is 21.9. The van der Waals surface area contributed by atoms with Crippen molar-refractivity contribution in [1.82, 2.24) is 4.98 Å². The molecule has 2 atom stereocenters. The Hall–Kier alpha value is -1.64. The number of nitrogens with zero attached hydrogens (tertiary/aromatic N) is 3. The second-order valence-electron chi connectivity index (χ2n) is 4.06. The van der Waals surface area contributed by atoms with E-state index in [2.05, 4.69) is 11.1 Å². The quantitative estimate of drug-likeness (QED) is 0.820. The number of aliphatic hydroxyl groups excluding tert-OH is 1. The summed E-state index contributed by atoms with van der Waals surface area (Å²) in [6.45, 7) is 3.52. The van der Waals surface area contributed by atoms with Crippen LogP contribution in [0.3, 0.4) is 0 Å². The molecule has 0 radical (unpaired) electrons. The number of anilines is 1. The maximum Gasteiger partial charge on any atom is 0.161 e. The summed E-state index contributed by atoms with van der Waals surface area (Å²) in [6, 6.07) is 5.82. The lowest BCUT2D eigenvalue weighted by atomic mass is 10.2. The lowest BCUT2D eigenvalue weighted by molar-refractivity contribution is 0.0761. The summed E-state index contributed by atoms with van der Waals surface area (Å²) >= 11 is 0. The number of nitriles is 1. The molecule has 1 aromatic heterocycles. The Bertz CT molecular complexity index is 411. The molecule has 1 saturated heterocycles. The molecule has 1 unspecified atom stereocenters. The molecule has 5 heteroatoms. The molecule has 2 rings (SSSR count). The van der Waals surface area contributed by atoms with Crippen molar-refractivity contribution in [1.29, 1.82) is 5.26 Å². The predicted octanol–water partition coefficient (Wildman–Crippen LogP) is 0.864. The van der Waals surface area contributed by atoms with Crippen LogP contribution >= 0.6 is 0 Å². The van der Waals surface area contributed by atoms with Gasteiger partial charge in [-0.05, 0) is 18.6 Å². The molecule has 17 heavy (non-hydrogen) atoms. The molecule has 5 nitrogen and oxygen atoms in total. The van der Waals surface area contributed by atoms with Crippen LogP contribution in [0.15, 0.2) is 18.3 Å². The van der Waals surface area contributed by atoms with Crippen molar-refractivity contribution in [3.05, 3.63) is 23.9 Å². The average molecular weight is 233 g/mol. The summed E-state index contributed by atoms with van der Waals surface area (Å²) in [5.41, 5.74) is 0.791. The van der Waals surface area contributed by atoms with Crippen LogP contribution in [0.4, 0.5) is 5.82 Å². The van der Waals surface area contributed by atoms with Crippen LogP contribution in [0.5, 0.6) is 0 Å². The smallest absolute Gasteiger partial charge is 0.161 e. The summed E-state index contributed by atoms with van der Waals surface area (Å²) in [5.74, 6) is 0.818. The molecular weight excluding hydrogens is 218 g/mol. The maximum absolute atomic E-state index is 9.39. The molecule has 0 amide bonds. The third-order valence-corrected chi connectivity index (χ3v) is 2.79. The molecule has 1 N–H and O–H groups in total. The number of morpholine rings is 1. The maximum atomic E-state index is 9.39. The molecule has 1 aliphatic heterocycles. The van der Waals surface area contributed by atoms with Gasteiger partial charge in [0.25, 0.3) is 0 Å². The lowest BCUT2D eigenvalue weighted by Gasteiger charge is -2.30. The topological polar surface area (TPSA) is 69.4 Å². The Morgan fingerprint density at radius 1 is 1.65 bits per heavy atom. The van der Waals surface area contributed by atoms with Gasteiger partial charge in [-0.1, -0.05) is 6.07 Å². The number of aliphatic hydroxyl groups is 1. The highest BCUT2D eigenvalue weighted by molar-refractivity contribution is 5.40. The first kappa shape index (κ1) is 11.8. The zero-order valence-corrected chi connectivity index (χ0v) is 9.71. The Morgan fingerprint density at radius 2 is 2.47 bits per heavy atom. The van der Waals surface area contributed by atoms with E-state index >= 15 is 0 Å². The highest BCUT2D eigenvalue weighted by atomic mass is 16.5. The highest BCUT2D eigenvalue weighted by Crippen LogP contribution is 2.17. The van der Waals surface area contributed by atoms with E-state index in [1.807, 2.05) is 17.0 Å². The van der Waals surface area contributed by atoms with E-state index < -0.39 is 6.10 Å². The fraction of sp³-hybridized carbons (Fsp3) is 0.500. The summed E-state index contributed by atoms with van der Waals surface area (Å²) in [4.78, 5) is 6.31. The largest absolute Gasteiger partial charge is 0.389 e. The zero-order chi connectivity index (χ0) is 12.3. The van der Waals surface area contributed by atoms with E-state index in [0.717, 1.165) is 17.9 Å². The van der Waals surface area contributed by atoms with Crippen LogP contribution in [0.1, 0.15) is 18.6 Å². The monoisotopic (exact) mass is 233 g/mol. The van der Waals surface area contributed by atoms with Gasteiger partial charge in [0.1, 0.15) is 5.82 Å². The van der Waals surface area contributed by atoms with Crippen LogP contribution in [0.2, 0.25) is 0 Å². The van der Waals surface area contributed by atoms with Crippen molar-refractivity contribution in [3.8, 4) is 6.07 Å². The standard InChI is InChI=1S/C12H15N3O2/c1-9(16)10-2-3-12(14-7-10)15-4-5-17-11(6-13)8-15/h2-3,7,9,11,16H,4-5,8H2,1H3/t9-,11?/m1/s1. The Balaban J connectivity index is 2.09. The fourth-order valence-corrected chi connectivity index (χ4v) is 1.77. The van der Waals surface area contributed by atoms with Crippen molar-refractivity contribution in [2.75, 3.05) is 24.6 Å². The third kappa shape index (κ3) is 2.73. The molecule has 1 aliphatic rings. The molecule has 0 aliphatic carbocycles. The van der Waals surface area contributed by atoms with Crippen LogP contribution in [0.25, 0.3) is 0 Å². The second kappa shape index (κ2) is 5.13. The van der Waals surface area contributed by atoms with E-state index in [0.29, 0.717) is 13.2 Å². The summed E-state index contributed by atoms with van der Waals surface area (Å²) in [7, 11) is 0. The van der Waals surface area contributed by atoms with Gasteiger partial charge in [-0.25, -0.2) is 4.98 Å². The Morgan fingerprint density at radius 3 is 3.06 bits per heavy atom. The van der Waals surface area contributed by atoms with Crippen LogP contribution in [0, 0.1) is 11.3 Å². The third-order valence-electron chi connectivity index (χ3n) is 2.79. The first-order valence-corrected chi connectivity index (χ1v) is 5.61. The number of ether oxygens (including phenoxy) is 1. The van der Waals surface area contributed by atoms with Gasteiger partial charge < -0.3 is 14.7 Å². The van der Waals surface area contributed by atoms with Gasteiger partial charge >= 0.3 is 0 Å². The van der Waals surface area contributed by atoms with Crippen molar-refractivity contribution < 1.29 is 9.84 Å². The molecule has 0 saturated carbocycles. The molecule has 0 spiro atoms. The van der Waals surface area contributed by atoms with Crippen molar-refractivity contribution in [2.45, 2.75) is 19.1 Å². The summed E-state index contributed by atoms with van der Waals surface area (Å²) in [6.07, 6.45) is 0.770. The molecule has 1 fully saturated rings. The van der Waals surface area contributed by atoms with E-state index in [1.54, 1.807) is 13.1 Å². The average Bonchev–Trinajstić information content (AvgIpc) is 2.39. The zero-order valence-electron chi connectivity index (χ0n) is 9.71. The SMILES string of the molecule is C[C@@H](O)c1ccc(N2CCOC(C#N)C2)nc1. The van der Waals surface area contributed by atoms with Gasteiger partial charge in [-0.15, -0.1) is 0 Å². The molecule has 0 aromatic carbocycles. The van der Waals surface area contributed by atoms with Crippen molar-refractivity contribution in [3.63, 3.8) is 0 Å². The fourth-order valence-electron chi connectivity index (χ4n) is 1.77. The minimum atomic E-state index is -0.506. The second-order valence-corrected chi connectivity index (χ2v) is 4.06. The van der Waals surface area contributed by atoms with Gasteiger partial charge in [-0.3, -0.25) is 0 Å². The van der Waals surface area contributed by atoms with Crippen molar-refractivity contribution >= 4 is 5.82 Å². The minimum absolute atomic E-state index is 0.387. The van der Waals surface area contributed by atoms with E-state index in [4.69, 9.17) is 10.00 Å². The highest BCUT2D eigenvalue weighted by Gasteiger charge is 2.20. The minimum Gasteiger partial charge on any atom is -0.389 e. The molecule has 1 aromatic rings. The summed E-state index contributed by atoms with van der Waals surface area (Å²) < 4.78 is 5.27. The van der Waals surface area contributed by atoms with Gasteiger partial charge in [0.15, 0.2) is 6.10 Å². The predicted molar refractivity (Wildman–Crippen MR) is 62.4 cm³/mol. The number of pyridine rings is 1. The van der Waals surface area contributed by atoms with Gasteiger partial charge in [0.2, 0.25) is 0 Å². The molecule has 2 heterocycles. The van der Waals surface area contributed by atoms with E-state index in [-0.39, 0.29) is 6.10 Å². The van der Waals surface area contributed by atoms with Crippen LogP contribution < -0.4 is 4.90 Å². The number of aromatic nitrogens is 1. The number of rotatable bonds is 2. The van der Waals surface area contributed by atoms with Crippen molar-refractivity contribution in [2.24, 2.45) is 0 Å². The lowest BCUT2D eigenvalue weighted by Crippen LogP contribution is -2.42. The Kier molecular flexibility index (Phi) is 3.57. The van der Waals surface area contributed by atoms with Gasteiger partial charge in [-0.2, -0.15) is 5.26 Å². The molecular formula is C12H15N3O2. The molecule has 90 valence electrons. The number of hydrogen-bond acceptors (Lipinski definition) is 5. The van der Waals surface area contributed by atoms with Crippen LogP contribution in [-0.4, -0.2) is 35.9 Å².